The highest BCUT2D eigenvalue weighted by atomic mass is 35.5. The number of rotatable bonds is 5. The van der Waals surface area contributed by atoms with Crippen LogP contribution in [0.25, 0.3) is 0 Å². The van der Waals surface area contributed by atoms with Crippen molar-refractivity contribution in [2.45, 2.75) is 26.4 Å². The fraction of sp³-hybridized carbons (Fsp3) is 0.333. The van der Waals surface area contributed by atoms with Gasteiger partial charge in [0, 0.05) is 0 Å². The zero-order valence-electron chi connectivity index (χ0n) is 11.8. The van der Waals surface area contributed by atoms with Crippen molar-refractivity contribution in [1.29, 1.82) is 0 Å². The Morgan fingerprint density at radius 2 is 2.05 bits per heavy atom. The van der Waals surface area contributed by atoms with Gasteiger partial charge in [-0.15, -0.1) is 0 Å². The first-order valence-electron chi connectivity index (χ1n) is 6.38. The second-order valence-corrected chi connectivity index (χ2v) is 5.04. The van der Waals surface area contributed by atoms with Crippen LogP contribution in [0.4, 0.5) is 0 Å². The van der Waals surface area contributed by atoms with Crippen molar-refractivity contribution < 1.29 is 9.47 Å². The first kappa shape index (κ1) is 14.6. The predicted octanol–water partition coefficient (Wildman–Crippen LogP) is 3.84. The molecule has 2 aromatic rings. The van der Waals surface area contributed by atoms with Gasteiger partial charge in [-0.25, -0.2) is 9.97 Å². The van der Waals surface area contributed by atoms with Gasteiger partial charge in [-0.3, -0.25) is 0 Å². The number of methoxy groups -OCH3 is 1. The van der Waals surface area contributed by atoms with Gasteiger partial charge in [0.05, 0.1) is 12.7 Å². The minimum Gasteiger partial charge on any atom is -0.497 e. The molecule has 0 atom stereocenters. The molecular weight excluding hydrogens is 276 g/mol. The fourth-order valence-corrected chi connectivity index (χ4v) is 2.22. The van der Waals surface area contributed by atoms with E-state index in [1.807, 2.05) is 38.1 Å². The van der Waals surface area contributed by atoms with E-state index in [1.165, 1.54) is 6.33 Å². The highest BCUT2D eigenvalue weighted by Gasteiger charge is 2.14. The van der Waals surface area contributed by atoms with Gasteiger partial charge in [-0.05, 0) is 23.6 Å². The molecule has 1 aromatic heterocycles. The SMILES string of the molecule is COc1cccc(COc2ncnc(Cl)c2C(C)C)c1. The molecule has 0 amide bonds. The largest absolute Gasteiger partial charge is 0.497 e. The molecule has 1 aromatic carbocycles. The van der Waals surface area contributed by atoms with Crippen LogP contribution in [0.3, 0.4) is 0 Å². The lowest BCUT2D eigenvalue weighted by molar-refractivity contribution is 0.287. The van der Waals surface area contributed by atoms with Gasteiger partial charge in [0.25, 0.3) is 0 Å². The molecule has 0 saturated carbocycles. The highest BCUT2D eigenvalue weighted by molar-refractivity contribution is 6.30. The molecule has 0 N–H and O–H groups in total. The highest BCUT2D eigenvalue weighted by Crippen LogP contribution is 2.30. The molecule has 0 aliphatic heterocycles. The Balaban J connectivity index is 2.16. The maximum atomic E-state index is 6.10. The van der Waals surface area contributed by atoms with Crippen molar-refractivity contribution in [2.75, 3.05) is 7.11 Å². The van der Waals surface area contributed by atoms with Crippen LogP contribution in [0, 0.1) is 0 Å². The molecule has 0 aliphatic rings. The van der Waals surface area contributed by atoms with Gasteiger partial charge < -0.3 is 9.47 Å². The number of hydrogen-bond donors (Lipinski definition) is 0. The minimum absolute atomic E-state index is 0.198. The number of benzene rings is 1. The Morgan fingerprint density at radius 3 is 2.75 bits per heavy atom. The zero-order valence-corrected chi connectivity index (χ0v) is 12.5. The summed E-state index contributed by atoms with van der Waals surface area (Å²) in [5.74, 6) is 1.53. The topological polar surface area (TPSA) is 44.2 Å². The number of aromatic nitrogens is 2. The molecule has 0 fully saturated rings. The summed E-state index contributed by atoms with van der Waals surface area (Å²) in [4.78, 5) is 8.17. The van der Waals surface area contributed by atoms with E-state index in [0.717, 1.165) is 16.9 Å². The van der Waals surface area contributed by atoms with Gasteiger partial charge in [-0.1, -0.05) is 37.6 Å². The van der Waals surface area contributed by atoms with Gasteiger partial charge >= 0.3 is 0 Å². The van der Waals surface area contributed by atoms with Gasteiger partial charge in [0.1, 0.15) is 23.8 Å². The van der Waals surface area contributed by atoms with Crippen LogP contribution in [0.1, 0.15) is 30.9 Å². The summed E-state index contributed by atoms with van der Waals surface area (Å²) in [6.45, 7) is 4.47. The van der Waals surface area contributed by atoms with E-state index < -0.39 is 0 Å². The monoisotopic (exact) mass is 292 g/mol. The van der Waals surface area contributed by atoms with Crippen molar-refractivity contribution in [3.63, 3.8) is 0 Å². The summed E-state index contributed by atoms with van der Waals surface area (Å²) in [6.07, 6.45) is 1.41. The summed E-state index contributed by atoms with van der Waals surface area (Å²) in [6, 6.07) is 7.72. The van der Waals surface area contributed by atoms with Crippen LogP contribution in [-0.2, 0) is 6.61 Å². The third kappa shape index (κ3) is 3.39. The molecule has 0 unspecified atom stereocenters. The van der Waals surface area contributed by atoms with Crippen LogP contribution in [-0.4, -0.2) is 17.1 Å². The summed E-state index contributed by atoms with van der Waals surface area (Å²) in [5, 5.41) is 0.440. The molecule has 106 valence electrons. The molecule has 20 heavy (non-hydrogen) atoms. The summed E-state index contributed by atoms with van der Waals surface area (Å²) < 4.78 is 11.0. The lowest BCUT2D eigenvalue weighted by atomic mass is 10.1. The van der Waals surface area contributed by atoms with Crippen molar-refractivity contribution in [3.05, 3.63) is 46.9 Å². The number of nitrogens with zero attached hydrogens (tertiary/aromatic N) is 2. The molecule has 0 bridgehead atoms. The Hall–Kier alpha value is -1.81. The Morgan fingerprint density at radius 1 is 1.25 bits per heavy atom. The minimum atomic E-state index is 0.198. The van der Waals surface area contributed by atoms with E-state index in [4.69, 9.17) is 21.1 Å². The van der Waals surface area contributed by atoms with Gasteiger partial charge in [-0.2, -0.15) is 0 Å². The van der Waals surface area contributed by atoms with Gasteiger partial charge in [0.2, 0.25) is 5.88 Å². The van der Waals surface area contributed by atoms with Crippen LogP contribution in [0.2, 0.25) is 5.15 Å². The molecule has 2 rings (SSSR count). The summed E-state index contributed by atoms with van der Waals surface area (Å²) >= 11 is 6.10. The van der Waals surface area contributed by atoms with E-state index in [9.17, 15) is 0 Å². The summed E-state index contributed by atoms with van der Waals surface area (Å²) in [5.41, 5.74) is 1.84. The van der Waals surface area contributed by atoms with E-state index in [0.29, 0.717) is 17.6 Å². The third-order valence-corrected chi connectivity index (χ3v) is 3.19. The van der Waals surface area contributed by atoms with E-state index in [1.54, 1.807) is 7.11 Å². The third-order valence-electron chi connectivity index (χ3n) is 2.89. The van der Waals surface area contributed by atoms with Crippen molar-refractivity contribution in [3.8, 4) is 11.6 Å². The first-order chi connectivity index (χ1) is 9.61. The maximum Gasteiger partial charge on any atom is 0.221 e. The van der Waals surface area contributed by atoms with E-state index >= 15 is 0 Å². The lowest BCUT2D eigenvalue weighted by Crippen LogP contribution is -2.04. The Bertz CT molecular complexity index is 588. The molecule has 0 saturated heterocycles. The van der Waals surface area contributed by atoms with Crippen LogP contribution < -0.4 is 9.47 Å². The first-order valence-corrected chi connectivity index (χ1v) is 6.75. The maximum absolute atomic E-state index is 6.10. The number of ether oxygens (including phenoxy) is 2. The molecule has 0 radical (unpaired) electrons. The van der Waals surface area contributed by atoms with Crippen LogP contribution in [0.15, 0.2) is 30.6 Å². The second-order valence-electron chi connectivity index (χ2n) is 4.68. The molecule has 1 heterocycles. The van der Waals surface area contributed by atoms with Crippen molar-refractivity contribution in [2.24, 2.45) is 0 Å². The average Bonchev–Trinajstić information content (AvgIpc) is 2.45. The normalized spacial score (nSPS) is 10.7. The smallest absolute Gasteiger partial charge is 0.221 e. The lowest BCUT2D eigenvalue weighted by Gasteiger charge is -2.13. The second kappa shape index (κ2) is 6.57. The average molecular weight is 293 g/mol. The molecule has 5 heteroatoms. The Kier molecular flexibility index (Phi) is 4.79. The number of halogens is 1. The fourth-order valence-electron chi connectivity index (χ4n) is 1.87. The van der Waals surface area contributed by atoms with Crippen molar-refractivity contribution in [1.82, 2.24) is 9.97 Å². The molecule has 4 nitrogen and oxygen atoms in total. The predicted molar refractivity (Wildman–Crippen MR) is 78.5 cm³/mol. The number of hydrogen-bond acceptors (Lipinski definition) is 4. The van der Waals surface area contributed by atoms with Crippen LogP contribution >= 0.6 is 11.6 Å². The standard InChI is InChI=1S/C15H17ClN2O2/c1-10(2)13-14(16)17-9-18-15(13)20-8-11-5-4-6-12(7-11)19-3/h4-7,9-10H,8H2,1-3H3. The Labute approximate surface area is 123 Å². The van der Waals surface area contributed by atoms with Gasteiger partial charge in [0.15, 0.2) is 0 Å². The van der Waals surface area contributed by atoms with Crippen LogP contribution in [0.5, 0.6) is 11.6 Å². The van der Waals surface area contributed by atoms with Crippen molar-refractivity contribution >= 4 is 11.6 Å². The molecule has 0 spiro atoms. The van der Waals surface area contributed by atoms with E-state index in [2.05, 4.69) is 9.97 Å². The molecular formula is C15H17ClN2O2. The zero-order chi connectivity index (χ0) is 14.5. The quantitative estimate of drug-likeness (QED) is 0.785. The summed E-state index contributed by atoms with van der Waals surface area (Å²) in [7, 11) is 1.64. The van der Waals surface area contributed by atoms with E-state index in [-0.39, 0.29) is 5.92 Å². The molecule has 0 aliphatic carbocycles.